The van der Waals surface area contributed by atoms with E-state index in [0.29, 0.717) is 23.1 Å². The molecule has 0 aliphatic carbocycles. The number of thiophene rings is 1. The first-order valence-electron chi connectivity index (χ1n) is 13.2. The summed E-state index contributed by atoms with van der Waals surface area (Å²) in [5.41, 5.74) is -2.95. The van der Waals surface area contributed by atoms with E-state index in [0.717, 1.165) is 11.3 Å². The Labute approximate surface area is 264 Å². The van der Waals surface area contributed by atoms with E-state index >= 15 is 0 Å². The Morgan fingerprint density at radius 3 is 2.09 bits per heavy atom. The molecule has 1 aliphatic heterocycles. The fraction of sp³-hybridized carbons (Fsp3) is 0.156. The van der Waals surface area contributed by atoms with E-state index in [1.807, 2.05) is 6.07 Å². The van der Waals surface area contributed by atoms with Crippen molar-refractivity contribution < 1.29 is 27.9 Å². The van der Waals surface area contributed by atoms with Gasteiger partial charge in [-0.15, -0.1) is 11.3 Å². The Balaban J connectivity index is 1.61. The molecule has 1 aliphatic rings. The molecule has 2 heterocycles. The molecule has 0 saturated heterocycles. The highest BCUT2D eigenvalue weighted by Gasteiger charge is 2.66. The minimum Gasteiger partial charge on any atom is -0.363 e. The maximum Gasteiger partial charge on any atom is 0.437 e. The van der Waals surface area contributed by atoms with Gasteiger partial charge in [-0.2, -0.15) is 18.4 Å². The molecule has 5 rings (SSSR count). The first-order chi connectivity index (χ1) is 21.1. The number of carbonyl (C=O) groups excluding carboxylic acids is 2. The fourth-order valence-electron chi connectivity index (χ4n) is 5.11. The summed E-state index contributed by atoms with van der Waals surface area (Å²) in [5.74, 6) is -5.72. The van der Waals surface area contributed by atoms with Crippen LogP contribution in [0.15, 0.2) is 113 Å². The number of thioether (sulfide) groups is 1. The number of anilines is 2. The van der Waals surface area contributed by atoms with Crippen LogP contribution in [-0.2, 0) is 4.79 Å². The largest absolute Gasteiger partial charge is 0.437 e. The predicted molar refractivity (Wildman–Crippen MR) is 166 cm³/mol. The van der Waals surface area contributed by atoms with Gasteiger partial charge in [0.1, 0.15) is 0 Å². The van der Waals surface area contributed by atoms with Gasteiger partial charge in [-0.3, -0.25) is 14.5 Å². The van der Waals surface area contributed by atoms with E-state index in [9.17, 15) is 33.1 Å². The number of nitrogens with zero attached hydrogens (tertiary/aromatic N) is 2. The van der Waals surface area contributed by atoms with Gasteiger partial charge in [-0.05, 0) is 47.3 Å². The second-order valence-corrected chi connectivity index (χ2v) is 12.1. The SMILES string of the molecule is N#CC1=C(SCC(=O)N(c2ccccc2)c2ccccc2)N[C@](O)(C(F)(F)F)[C@H](C(=O)c2cccs2)[C@H]1c1ccccc1Cl. The van der Waals surface area contributed by atoms with Crippen LogP contribution >= 0.6 is 34.7 Å². The highest BCUT2D eigenvalue weighted by molar-refractivity contribution is 8.03. The molecule has 0 unspecified atom stereocenters. The Hall–Kier alpha value is -4.08. The standard InChI is InChI=1S/C32H23ClF3N3O3S2/c33-24-15-8-7-14-22(24)27-23(18-37)30(38-31(42,32(34,35)36)28(27)29(41)25-16-9-17-43-25)44-19-26(40)39(20-10-3-1-4-11-20)21-12-5-2-6-13-21/h1-17,27-28,38,42H,19H2/t27-,28-,31+/m0/s1. The number of aliphatic hydroxyl groups is 1. The van der Waals surface area contributed by atoms with Gasteiger partial charge in [-0.1, -0.05) is 84.0 Å². The number of Topliss-reactive ketones (excluding diaryl/α,β-unsaturated/α-hetero) is 1. The number of benzene rings is 3. The minimum absolute atomic E-state index is 0.0143. The van der Waals surface area contributed by atoms with Crippen LogP contribution in [0.1, 0.15) is 21.2 Å². The number of para-hydroxylation sites is 2. The second kappa shape index (κ2) is 12.9. The van der Waals surface area contributed by atoms with Crippen molar-refractivity contribution in [3.63, 3.8) is 0 Å². The lowest BCUT2D eigenvalue weighted by atomic mass is 9.70. The lowest BCUT2D eigenvalue weighted by molar-refractivity contribution is -0.285. The zero-order valence-electron chi connectivity index (χ0n) is 22.7. The lowest BCUT2D eigenvalue weighted by Gasteiger charge is -2.45. The number of halogens is 4. The molecule has 1 aromatic heterocycles. The van der Waals surface area contributed by atoms with Crippen molar-refractivity contribution in [3.8, 4) is 6.07 Å². The molecule has 3 aromatic carbocycles. The van der Waals surface area contributed by atoms with Crippen molar-refractivity contribution in [2.75, 3.05) is 10.7 Å². The van der Waals surface area contributed by atoms with Gasteiger partial charge < -0.3 is 10.4 Å². The third-order valence-electron chi connectivity index (χ3n) is 7.10. The molecule has 0 bridgehead atoms. The topological polar surface area (TPSA) is 93.4 Å². The summed E-state index contributed by atoms with van der Waals surface area (Å²) >= 11 is 7.99. The van der Waals surface area contributed by atoms with Crippen LogP contribution in [-0.4, -0.2) is 34.5 Å². The van der Waals surface area contributed by atoms with E-state index < -0.39 is 41.2 Å². The maximum atomic E-state index is 14.9. The van der Waals surface area contributed by atoms with E-state index in [1.54, 1.807) is 66.7 Å². The van der Waals surface area contributed by atoms with Crippen LogP contribution in [0, 0.1) is 17.2 Å². The summed E-state index contributed by atoms with van der Waals surface area (Å²) in [7, 11) is 0. The quantitative estimate of drug-likeness (QED) is 0.190. The number of hydrogen-bond donors (Lipinski definition) is 2. The average Bonchev–Trinajstić information content (AvgIpc) is 3.56. The summed E-state index contributed by atoms with van der Waals surface area (Å²) in [4.78, 5) is 28.8. The molecule has 0 spiro atoms. The molecule has 3 atom stereocenters. The molecule has 224 valence electrons. The van der Waals surface area contributed by atoms with Crippen molar-refractivity contribution in [1.29, 1.82) is 5.26 Å². The second-order valence-electron chi connectivity index (χ2n) is 9.75. The molecule has 6 nitrogen and oxygen atoms in total. The van der Waals surface area contributed by atoms with Gasteiger partial charge in [0.15, 0.2) is 5.78 Å². The smallest absolute Gasteiger partial charge is 0.363 e. The van der Waals surface area contributed by atoms with E-state index in [1.165, 1.54) is 40.6 Å². The Bertz CT molecular complexity index is 1690. The van der Waals surface area contributed by atoms with Crippen LogP contribution in [0.5, 0.6) is 0 Å². The number of rotatable bonds is 8. The molecular formula is C32H23ClF3N3O3S2. The number of alkyl halides is 3. The molecule has 2 N–H and O–H groups in total. The molecule has 4 aromatic rings. The summed E-state index contributed by atoms with van der Waals surface area (Å²) < 4.78 is 44.6. The average molecular weight is 654 g/mol. The third kappa shape index (κ3) is 5.99. The molecule has 0 fully saturated rings. The fourth-order valence-corrected chi connectivity index (χ4v) is 7.02. The summed E-state index contributed by atoms with van der Waals surface area (Å²) in [6.07, 6.45) is -5.37. The predicted octanol–water partition coefficient (Wildman–Crippen LogP) is 7.67. The van der Waals surface area contributed by atoms with Gasteiger partial charge in [-0.25, -0.2) is 0 Å². The number of ketones is 1. The third-order valence-corrected chi connectivity index (χ3v) is 9.33. The van der Waals surface area contributed by atoms with Crippen LogP contribution < -0.4 is 10.2 Å². The summed E-state index contributed by atoms with van der Waals surface area (Å²) in [6, 6.07) is 28.1. The van der Waals surface area contributed by atoms with Crippen LogP contribution in [0.2, 0.25) is 5.02 Å². The number of amides is 1. The van der Waals surface area contributed by atoms with Crippen molar-refractivity contribution >= 4 is 57.8 Å². The van der Waals surface area contributed by atoms with Crippen molar-refractivity contribution in [1.82, 2.24) is 5.32 Å². The molecule has 0 saturated carbocycles. The minimum atomic E-state index is -5.37. The monoisotopic (exact) mass is 653 g/mol. The molecule has 12 heteroatoms. The Morgan fingerprint density at radius 1 is 0.977 bits per heavy atom. The summed E-state index contributed by atoms with van der Waals surface area (Å²) in [6.45, 7) is 0. The highest BCUT2D eigenvalue weighted by Crippen LogP contribution is 2.52. The van der Waals surface area contributed by atoms with Gasteiger partial charge >= 0.3 is 6.18 Å². The molecule has 44 heavy (non-hydrogen) atoms. The number of nitrogens with one attached hydrogen (secondary N) is 1. The number of carbonyl (C=O) groups is 2. The Morgan fingerprint density at radius 2 is 1.57 bits per heavy atom. The number of hydrogen-bond acceptors (Lipinski definition) is 7. The van der Waals surface area contributed by atoms with Gasteiger partial charge in [0.05, 0.1) is 33.2 Å². The van der Waals surface area contributed by atoms with Crippen molar-refractivity contribution in [3.05, 3.63) is 129 Å². The Kier molecular flexibility index (Phi) is 9.18. The van der Waals surface area contributed by atoms with Crippen molar-refractivity contribution in [2.45, 2.75) is 17.8 Å². The van der Waals surface area contributed by atoms with Crippen molar-refractivity contribution in [2.24, 2.45) is 5.92 Å². The number of nitriles is 1. The van der Waals surface area contributed by atoms with Gasteiger partial charge in [0.2, 0.25) is 11.6 Å². The van der Waals surface area contributed by atoms with Crippen LogP contribution in [0.4, 0.5) is 24.5 Å². The normalized spacial score (nSPS) is 20.0. The molecular weight excluding hydrogens is 631 g/mol. The van der Waals surface area contributed by atoms with Crippen LogP contribution in [0.3, 0.4) is 0 Å². The van der Waals surface area contributed by atoms with Gasteiger partial charge in [0, 0.05) is 22.3 Å². The van der Waals surface area contributed by atoms with E-state index in [-0.39, 0.29) is 26.1 Å². The summed E-state index contributed by atoms with van der Waals surface area (Å²) in [5, 5.41) is 25.0. The van der Waals surface area contributed by atoms with E-state index in [2.05, 4.69) is 5.32 Å². The molecule has 0 radical (unpaired) electrons. The molecule has 1 amide bonds. The van der Waals surface area contributed by atoms with Gasteiger partial charge in [0.25, 0.3) is 0 Å². The maximum absolute atomic E-state index is 14.9. The zero-order valence-corrected chi connectivity index (χ0v) is 25.1. The highest BCUT2D eigenvalue weighted by atomic mass is 35.5. The van der Waals surface area contributed by atoms with Crippen LogP contribution in [0.25, 0.3) is 0 Å². The van der Waals surface area contributed by atoms with E-state index in [4.69, 9.17) is 11.6 Å². The number of allylic oxidation sites excluding steroid dienone is 1. The zero-order chi connectivity index (χ0) is 31.5. The first-order valence-corrected chi connectivity index (χ1v) is 15.4. The first kappa shape index (κ1) is 31.3. The lowest BCUT2D eigenvalue weighted by Crippen LogP contribution is -2.66.